The molecule has 25 heavy (non-hydrogen) atoms. The number of benzene rings is 1. The van der Waals surface area contributed by atoms with Gasteiger partial charge in [0.1, 0.15) is 0 Å². The molecule has 0 aliphatic carbocycles. The molecule has 0 spiro atoms. The molecule has 132 valence electrons. The van der Waals surface area contributed by atoms with Crippen molar-refractivity contribution in [1.82, 2.24) is 4.90 Å². The first-order valence-corrected chi connectivity index (χ1v) is 9.48. The number of hydrogen-bond donors (Lipinski definition) is 2. The van der Waals surface area contributed by atoms with Gasteiger partial charge < -0.3 is 16.0 Å². The van der Waals surface area contributed by atoms with Gasteiger partial charge in [-0.3, -0.25) is 9.59 Å². The smallest absolute Gasteiger partial charge is 0.256 e. The van der Waals surface area contributed by atoms with Gasteiger partial charge in [-0.25, -0.2) is 0 Å². The molecule has 1 aromatic carbocycles. The van der Waals surface area contributed by atoms with Crippen LogP contribution >= 0.6 is 11.3 Å². The molecule has 1 aliphatic rings. The summed E-state index contributed by atoms with van der Waals surface area (Å²) in [6.45, 7) is 3.44. The average molecular weight is 357 g/mol. The molecule has 3 rings (SSSR count). The van der Waals surface area contributed by atoms with E-state index >= 15 is 0 Å². The molecule has 1 aliphatic heterocycles. The third-order valence-electron chi connectivity index (χ3n) is 4.76. The van der Waals surface area contributed by atoms with Crippen molar-refractivity contribution in [1.29, 1.82) is 0 Å². The Kier molecular flexibility index (Phi) is 5.50. The SMILES string of the molecule is CC(N)C1CCN(C(=O)c2ccccc2NC(=O)c2ccsc2)CC1. The van der Waals surface area contributed by atoms with Crippen LogP contribution in [0.4, 0.5) is 5.69 Å². The van der Waals surface area contributed by atoms with Gasteiger partial charge in [0, 0.05) is 24.5 Å². The van der Waals surface area contributed by atoms with Crippen LogP contribution in [0.1, 0.15) is 40.5 Å². The molecule has 1 aromatic heterocycles. The number of amides is 2. The summed E-state index contributed by atoms with van der Waals surface area (Å²) >= 11 is 1.47. The maximum absolute atomic E-state index is 12.9. The summed E-state index contributed by atoms with van der Waals surface area (Å²) in [5.41, 5.74) is 7.66. The Morgan fingerprint density at radius 2 is 1.96 bits per heavy atom. The van der Waals surface area contributed by atoms with E-state index in [1.165, 1.54) is 11.3 Å². The molecule has 5 nitrogen and oxygen atoms in total. The summed E-state index contributed by atoms with van der Waals surface area (Å²) in [6.07, 6.45) is 1.85. The number of carbonyl (C=O) groups is 2. The second-order valence-electron chi connectivity index (χ2n) is 6.50. The Morgan fingerprint density at radius 3 is 2.60 bits per heavy atom. The first-order chi connectivity index (χ1) is 12.1. The molecule has 2 aromatic rings. The molecule has 6 heteroatoms. The quantitative estimate of drug-likeness (QED) is 0.882. The molecule has 1 saturated heterocycles. The van der Waals surface area contributed by atoms with Crippen molar-refractivity contribution in [2.75, 3.05) is 18.4 Å². The number of nitrogens with two attached hydrogens (primary N) is 1. The van der Waals surface area contributed by atoms with E-state index in [1.54, 1.807) is 23.6 Å². The summed E-state index contributed by atoms with van der Waals surface area (Å²) in [6, 6.07) is 9.11. The van der Waals surface area contributed by atoms with Gasteiger partial charge in [0.25, 0.3) is 11.8 Å². The lowest BCUT2D eigenvalue weighted by Crippen LogP contribution is -2.42. The third kappa shape index (κ3) is 4.08. The van der Waals surface area contributed by atoms with Crippen molar-refractivity contribution in [2.24, 2.45) is 11.7 Å². The minimum atomic E-state index is -0.197. The molecule has 1 unspecified atom stereocenters. The molecule has 0 saturated carbocycles. The molecule has 0 radical (unpaired) electrons. The van der Waals surface area contributed by atoms with Gasteiger partial charge in [0.15, 0.2) is 0 Å². The Hall–Kier alpha value is -2.18. The monoisotopic (exact) mass is 357 g/mol. The summed E-state index contributed by atoms with van der Waals surface area (Å²) in [7, 11) is 0. The highest BCUT2D eigenvalue weighted by Crippen LogP contribution is 2.24. The molecule has 2 heterocycles. The highest BCUT2D eigenvalue weighted by molar-refractivity contribution is 7.08. The summed E-state index contributed by atoms with van der Waals surface area (Å²) in [5, 5.41) is 6.51. The van der Waals surface area contributed by atoms with Crippen LogP contribution in [0.15, 0.2) is 41.1 Å². The largest absolute Gasteiger partial charge is 0.339 e. The third-order valence-corrected chi connectivity index (χ3v) is 5.44. The van der Waals surface area contributed by atoms with Crippen molar-refractivity contribution in [3.63, 3.8) is 0 Å². The summed E-state index contributed by atoms with van der Waals surface area (Å²) < 4.78 is 0. The van der Waals surface area contributed by atoms with Gasteiger partial charge in [-0.2, -0.15) is 11.3 Å². The highest BCUT2D eigenvalue weighted by Gasteiger charge is 2.26. The van der Waals surface area contributed by atoms with Crippen molar-refractivity contribution in [2.45, 2.75) is 25.8 Å². The molecular formula is C19H23N3O2S. The van der Waals surface area contributed by atoms with E-state index in [4.69, 9.17) is 5.73 Å². The summed E-state index contributed by atoms with van der Waals surface area (Å²) in [5.74, 6) is 0.235. The lowest BCUT2D eigenvalue weighted by atomic mass is 9.90. The number of rotatable bonds is 4. The van der Waals surface area contributed by atoms with E-state index in [1.807, 2.05) is 29.3 Å². The predicted octanol–water partition coefficient (Wildman–Crippen LogP) is 3.20. The van der Waals surface area contributed by atoms with Gasteiger partial charge in [-0.05, 0) is 49.3 Å². The predicted molar refractivity (Wildman–Crippen MR) is 101 cm³/mol. The normalized spacial score (nSPS) is 16.5. The highest BCUT2D eigenvalue weighted by atomic mass is 32.1. The van der Waals surface area contributed by atoms with E-state index in [-0.39, 0.29) is 17.9 Å². The van der Waals surface area contributed by atoms with Gasteiger partial charge in [0.05, 0.1) is 16.8 Å². The van der Waals surface area contributed by atoms with Crippen LogP contribution in [0.3, 0.4) is 0 Å². The molecule has 1 atom stereocenters. The minimum Gasteiger partial charge on any atom is -0.339 e. The van der Waals surface area contributed by atoms with Gasteiger partial charge in [0.2, 0.25) is 0 Å². The van der Waals surface area contributed by atoms with Crippen LogP contribution in [-0.4, -0.2) is 35.8 Å². The topological polar surface area (TPSA) is 75.4 Å². The van der Waals surface area contributed by atoms with E-state index < -0.39 is 0 Å². The van der Waals surface area contributed by atoms with Crippen LogP contribution in [0.25, 0.3) is 0 Å². The molecule has 0 bridgehead atoms. The minimum absolute atomic E-state index is 0.0376. The second-order valence-corrected chi connectivity index (χ2v) is 7.28. The summed E-state index contributed by atoms with van der Waals surface area (Å²) in [4.78, 5) is 27.1. The van der Waals surface area contributed by atoms with Gasteiger partial charge in [-0.15, -0.1) is 0 Å². The number of likely N-dealkylation sites (tertiary alicyclic amines) is 1. The van der Waals surface area contributed by atoms with Crippen molar-refractivity contribution in [3.05, 3.63) is 52.2 Å². The first-order valence-electron chi connectivity index (χ1n) is 8.53. The van der Waals surface area contributed by atoms with E-state index in [9.17, 15) is 9.59 Å². The molecule has 1 fully saturated rings. The van der Waals surface area contributed by atoms with Crippen molar-refractivity contribution >= 4 is 28.8 Å². The first kappa shape index (κ1) is 17.6. The van der Waals surface area contributed by atoms with Crippen LogP contribution < -0.4 is 11.1 Å². The number of carbonyl (C=O) groups excluding carboxylic acids is 2. The van der Waals surface area contributed by atoms with Crippen LogP contribution in [0.5, 0.6) is 0 Å². The Bertz CT molecular complexity index is 735. The molecule has 2 amide bonds. The Labute approximate surface area is 151 Å². The Morgan fingerprint density at radius 1 is 1.24 bits per heavy atom. The number of anilines is 1. The van der Waals surface area contributed by atoms with Crippen molar-refractivity contribution < 1.29 is 9.59 Å². The fraction of sp³-hybridized carbons (Fsp3) is 0.368. The number of nitrogens with one attached hydrogen (secondary N) is 1. The van der Waals surface area contributed by atoms with Crippen molar-refractivity contribution in [3.8, 4) is 0 Å². The zero-order valence-electron chi connectivity index (χ0n) is 14.3. The van der Waals surface area contributed by atoms with E-state index in [2.05, 4.69) is 5.32 Å². The molecular weight excluding hydrogens is 334 g/mol. The number of nitrogens with zero attached hydrogens (tertiary/aromatic N) is 1. The number of para-hydroxylation sites is 1. The number of hydrogen-bond acceptors (Lipinski definition) is 4. The lowest BCUT2D eigenvalue weighted by Gasteiger charge is -2.34. The zero-order valence-corrected chi connectivity index (χ0v) is 15.1. The average Bonchev–Trinajstić information content (AvgIpc) is 3.16. The van der Waals surface area contributed by atoms with Gasteiger partial charge in [-0.1, -0.05) is 12.1 Å². The van der Waals surface area contributed by atoms with Gasteiger partial charge >= 0.3 is 0 Å². The molecule has 3 N–H and O–H groups in total. The van der Waals surface area contributed by atoms with Crippen LogP contribution in [0.2, 0.25) is 0 Å². The number of piperidine rings is 1. The standard InChI is InChI=1S/C19H23N3O2S/c1-13(20)14-6-9-22(10-7-14)19(24)16-4-2-3-5-17(16)21-18(23)15-8-11-25-12-15/h2-5,8,11-14H,6-7,9-10,20H2,1H3,(H,21,23). The van der Waals surface area contributed by atoms with Crippen LogP contribution in [0, 0.1) is 5.92 Å². The van der Waals surface area contributed by atoms with Crippen LogP contribution in [-0.2, 0) is 0 Å². The van der Waals surface area contributed by atoms with E-state index in [0.717, 1.165) is 12.8 Å². The number of thiophene rings is 1. The van der Waals surface area contributed by atoms with E-state index in [0.29, 0.717) is 35.8 Å². The zero-order chi connectivity index (χ0) is 17.8. The maximum Gasteiger partial charge on any atom is 0.256 e. The maximum atomic E-state index is 12.9. The Balaban J connectivity index is 1.72. The fourth-order valence-electron chi connectivity index (χ4n) is 3.17. The fourth-order valence-corrected chi connectivity index (χ4v) is 3.80. The second kappa shape index (κ2) is 7.80. The lowest BCUT2D eigenvalue weighted by molar-refractivity contribution is 0.0682.